The molecular formula is C17H28N2O. The molecule has 0 aliphatic carbocycles. The Balaban J connectivity index is 2.02. The number of phenolic OH excluding ortho intramolecular Hbond substituents is 1. The van der Waals surface area contributed by atoms with Crippen LogP contribution in [0.3, 0.4) is 0 Å². The lowest BCUT2D eigenvalue weighted by Gasteiger charge is -2.29. The van der Waals surface area contributed by atoms with Crippen molar-refractivity contribution in [3.05, 3.63) is 29.8 Å². The first-order valence-electron chi connectivity index (χ1n) is 7.80. The molecule has 0 aromatic heterocycles. The smallest absolute Gasteiger partial charge is 0.115 e. The largest absolute Gasteiger partial charge is 0.508 e. The Kier molecular flexibility index (Phi) is 5.44. The summed E-state index contributed by atoms with van der Waals surface area (Å²) in [6.07, 6.45) is 2.41. The second kappa shape index (κ2) is 7.09. The fourth-order valence-electron chi connectivity index (χ4n) is 3.04. The van der Waals surface area contributed by atoms with Gasteiger partial charge in [0.05, 0.1) is 0 Å². The van der Waals surface area contributed by atoms with Gasteiger partial charge in [-0.25, -0.2) is 0 Å². The van der Waals surface area contributed by atoms with Crippen molar-refractivity contribution in [3.63, 3.8) is 0 Å². The molecule has 2 unspecified atom stereocenters. The molecule has 1 aromatic carbocycles. The number of hydrogen-bond acceptors (Lipinski definition) is 3. The van der Waals surface area contributed by atoms with Crippen LogP contribution in [0.1, 0.15) is 39.2 Å². The van der Waals surface area contributed by atoms with E-state index in [0.29, 0.717) is 17.8 Å². The topological polar surface area (TPSA) is 35.5 Å². The maximum atomic E-state index is 9.60. The molecule has 112 valence electrons. The number of hydrogen-bond donors (Lipinski definition) is 2. The molecule has 1 heterocycles. The zero-order valence-electron chi connectivity index (χ0n) is 13.0. The van der Waals surface area contributed by atoms with E-state index in [2.05, 4.69) is 37.1 Å². The van der Waals surface area contributed by atoms with Crippen molar-refractivity contribution in [1.82, 2.24) is 10.2 Å². The van der Waals surface area contributed by atoms with Crippen molar-refractivity contribution < 1.29 is 5.11 Å². The first kappa shape index (κ1) is 15.3. The van der Waals surface area contributed by atoms with Gasteiger partial charge in [0.15, 0.2) is 0 Å². The predicted molar refractivity (Wildman–Crippen MR) is 83.8 cm³/mol. The number of phenols is 1. The number of aromatic hydroxyl groups is 1. The zero-order chi connectivity index (χ0) is 14.5. The van der Waals surface area contributed by atoms with E-state index in [4.69, 9.17) is 0 Å². The van der Waals surface area contributed by atoms with Gasteiger partial charge in [0.1, 0.15) is 5.75 Å². The summed E-state index contributed by atoms with van der Waals surface area (Å²) in [6, 6.07) is 8.81. The maximum absolute atomic E-state index is 9.60. The minimum absolute atomic E-state index is 0.363. The average Bonchev–Trinajstić information content (AvgIpc) is 2.52. The number of benzene rings is 1. The third kappa shape index (κ3) is 4.50. The summed E-state index contributed by atoms with van der Waals surface area (Å²) < 4.78 is 0. The molecule has 20 heavy (non-hydrogen) atoms. The fourth-order valence-corrected chi connectivity index (χ4v) is 3.04. The highest BCUT2D eigenvalue weighted by atomic mass is 16.3. The van der Waals surface area contributed by atoms with E-state index < -0.39 is 0 Å². The quantitative estimate of drug-likeness (QED) is 0.887. The van der Waals surface area contributed by atoms with Gasteiger partial charge in [-0.3, -0.25) is 4.90 Å². The van der Waals surface area contributed by atoms with Crippen LogP contribution in [0, 0.1) is 5.92 Å². The van der Waals surface area contributed by atoms with Crippen LogP contribution in [0.15, 0.2) is 24.3 Å². The van der Waals surface area contributed by atoms with Gasteiger partial charge in [0.2, 0.25) is 0 Å². The molecule has 1 fully saturated rings. The molecule has 1 aliphatic rings. The molecule has 3 nitrogen and oxygen atoms in total. The van der Waals surface area contributed by atoms with E-state index in [1.54, 1.807) is 6.07 Å². The summed E-state index contributed by atoms with van der Waals surface area (Å²) in [6.45, 7) is 10.0. The first-order chi connectivity index (χ1) is 9.54. The van der Waals surface area contributed by atoms with Gasteiger partial charge >= 0.3 is 0 Å². The minimum atomic E-state index is 0.363. The lowest BCUT2D eigenvalue weighted by atomic mass is 10.0. The maximum Gasteiger partial charge on any atom is 0.115 e. The van der Waals surface area contributed by atoms with Gasteiger partial charge in [-0.15, -0.1) is 0 Å². The van der Waals surface area contributed by atoms with E-state index in [0.717, 1.165) is 25.6 Å². The third-order valence-corrected chi connectivity index (χ3v) is 4.13. The third-order valence-electron chi connectivity index (χ3n) is 4.13. The van der Waals surface area contributed by atoms with Gasteiger partial charge < -0.3 is 10.4 Å². The van der Waals surface area contributed by atoms with Crippen LogP contribution in [0.5, 0.6) is 5.75 Å². The molecule has 0 bridgehead atoms. The summed E-state index contributed by atoms with van der Waals surface area (Å²) in [5.74, 6) is 1.09. The van der Waals surface area contributed by atoms with Crippen molar-refractivity contribution >= 4 is 0 Å². The van der Waals surface area contributed by atoms with Gasteiger partial charge in [0, 0.05) is 25.2 Å². The van der Waals surface area contributed by atoms with Crippen molar-refractivity contribution in [2.45, 2.75) is 52.2 Å². The normalized spacial score (nSPS) is 24.8. The minimum Gasteiger partial charge on any atom is -0.508 e. The molecule has 0 saturated carbocycles. The van der Waals surface area contributed by atoms with Crippen LogP contribution in [-0.4, -0.2) is 35.2 Å². The highest BCUT2D eigenvalue weighted by Crippen LogP contribution is 2.19. The Hall–Kier alpha value is -1.06. The number of rotatable bonds is 4. The Morgan fingerprint density at radius 2 is 2.20 bits per heavy atom. The average molecular weight is 276 g/mol. The highest BCUT2D eigenvalue weighted by Gasteiger charge is 2.23. The summed E-state index contributed by atoms with van der Waals surface area (Å²) in [4.78, 5) is 2.54. The lowest BCUT2D eigenvalue weighted by Crippen LogP contribution is -2.40. The number of nitrogens with zero attached hydrogens (tertiary/aromatic N) is 1. The van der Waals surface area contributed by atoms with Crippen LogP contribution in [0.4, 0.5) is 0 Å². The molecule has 2 N–H and O–H groups in total. The highest BCUT2D eigenvalue weighted by molar-refractivity contribution is 5.27. The van der Waals surface area contributed by atoms with Crippen molar-refractivity contribution in [2.75, 3.05) is 13.1 Å². The Labute approximate surface area is 123 Å². The molecule has 3 heteroatoms. The zero-order valence-corrected chi connectivity index (χ0v) is 13.0. The van der Waals surface area contributed by atoms with E-state index in [1.807, 2.05) is 12.1 Å². The van der Waals surface area contributed by atoms with E-state index >= 15 is 0 Å². The van der Waals surface area contributed by atoms with Crippen LogP contribution < -0.4 is 5.32 Å². The monoisotopic (exact) mass is 276 g/mol. The van der Waals surface area contributed by atoms with Gasteiger partial charge in [0.25, 0.3) is 0 Å². The van der Waals surface area contributed by atoms with E-state index in [1.165, 1.54) is 18.4 Å². The van der Waals surface area contributed by atoms with Crippen molar-refractivity contribution in [1.29, 1.82) is 0 Å². The van der Waals surface area contributed by atoms with Crippen molar-refractivity contribution in [2.24, 2.45) is 5.92 Å². The molecular weight excluding hydrogens is 248 g/mol. The summed E-state index contributed by atoms with van der Waals surface area (Å²) in [5, 5.41) is 13.3. The molecule has 0 radical (unpaired) electrons. The lowest BCUT2D eigenvalue weighted by molar-refractivity contribution is 0.189. The predicted octanol–water partition coefficient (Wildman–Crippen LogP) is 2.99. The Morgan fingerprint density at radius 3 is 2.90 bits per heavy atom. The second-order valence-electron chi connectivity index (χ2n) is 6.52. The van der Waals surface area contributed by atoms with Gasteiger partial charge in [-0.1, -0.05) is 26.0 Å². The molecule has 1 aliphatic heterocycles. The molecule has 2 rings (SSSR count). The molecule has 1 aromatic rings. The number of nitrogens with one attached hydrogen (secondary N) is 1. The Bertz CT molecular complexity index is 419. The van der Waals surface area contributed by atoms with E-state index in [-0.39, 0.29) is 0 Å². The molecule has 2 atom stereocenters. The molecule has 0 amide bonds. The first-order valence-corrected chi connectivity index (χ1v) is 7.80. The van der Waals surface area contributed by atoms with Gasteiger partial charge in [-0.05, 0) is 49.9 Å². The summed E-state index contributed by atoms with van der Waals surface area (Å²) in [5.41, 5.74) is 1.20. The van der Waals surface area contributed by atoms with E-state index in [9.17, 15) is 5.11 Å². The summed E-state index contributed by atoms with van der Waals surface area (Å²) in [7, 11) is 0. The summed E-state index contributed by atoms with van der Waals surface area (Å²) >= 11 is 0. The second-order valence-corrected chi connectivity index (χ2v) is 6.52. The van der Waals surface area contributed by atoms with Crippen LogP contribution in [-0.2, 0) is 6.54 Å². The standard InChI is InChI=1S/C17H28N2O/c1-13(2)9-16-12-19(14(3)7-8-18-16)11-15-5-4-6-17(20)10-15/h4-6,10,13-14,16,18,20H,7-9,11-12H2,1-3H3. The SMILES string of the molecule is CC(C)CC1CN(Cc2cccc(O)c2)C(C)CCN1. The Morgan fingerprint density at radius 1 is 1.40 bits per heavy atom. The van der Waals surface area contributed by atoms with Crippen LogP contribution in [0.2, 0.25) is 0 Å². The fraction of sp³-hybridized carbons (Fsp3) is 0.647. The van der Waals surface area contributed by atoms with Crippen molar-refractivity contribution in [3.8, 4) is 5.75 Å². The van der Waals surface area contributed by atoms with Gasteiger partial charge in [-0.2, -0.15) is 0 Å². The molecule has 0 spiro atoms. The van der Waals surface area contributed by atoms with Crippen LogP contribution in [0.25, 0.3) is 0 Å². The van der Waals surface area contributed by atoms with Crippen LogP contribution >= 0.6 is 0 Å². The molecule has 1 saturated heterocycles.